The maximum Gasteiger partial charge on any atom is 0.413 e. The number of hydrogen-bond donors (Lipinski definition) is 2. The summed E-state index contributed by atoms with van der Waals surface area (Å²) in [5.41, 5.74) is 5.72. The highest BCUT2D eigenvalue weighted by Crippen LogP contribution is 2.17. The number of nitrogens with zero attached hydrogens (tertiary/aromatic N) is 1. The molecule has 0 atom stereocenters. The largest absolute Gasteiger partial charge is 0.444 e. The van der Waals surface area contributed by atoms with Crippen molar-refractivity contribution in [2.75, 3.05) is 5.32 Å². The lowest BCUT2D eigenvalue weighted by Crippen LogP contribution is -2.27. The summed E-state index contributed by atoms with van der Waals surface area (Å²) >= 11 is 0. The fourth-order valence-electron chi connectivity index (χ4n) is 1.76. The lowest BCUT2D eigenvalue weighted by atomic mass is 10.1. The van der Waals surface area contributed by atoms with Gasteiger partial charge in [-0.15, -0.1) is 0 Å². The number of amides is 2. The highest BCUT2D eigenvalue weighted by molar-refractivity contribution is 5.97. The third-order valence-electron chi connectivity index (χ3n) is 2.60. The Morgan fingerprint density at radius 1 is 1.19 bits per heavy atom. The average Bonchev–Trinajstić information content (AvgIpc) is 2.35. The van der Waals surface area contributed by atoms with Gasteiger partial charge in [-0.1, -0.05) is 0 Å². The van der Waals surface area contributed by atoms with Crippen LogP contribution < -0.4 is 11.1 Å². The quantitative estimate of drug-likeness (QED) is 0.887. The molecule has 1 aromatic heterocycles. The summed E-state index contributed by atoms with van der Waals surface area (Å²) in [6.07, 6.45) is -0.567. The van der Waals surface area contributed by atoms with Gasteiger partial charge in [0.1, 0.15) is 11.4 Å². The number of nitrogens with two attached hydrogens (primary N) is 1. The van der Waals surface area contributed by atoms with Crippen molar-refractivity contribution in [3.63, 3.8) is 0 Å². The summed E-state index contributed by atoms with van der Waals surface area (Å²) < 4.78 is 5.15. The van der Waals surface area contributed by atoms with E-state index in [2.05, 4.69) is 10.3 Å². The number of fused-ring (bicyclic) bond motifs is 1. The first-order chi connectivity index (χ1) is 9.74. The van der Waals surface area contributed by atoms with Crippen LogP contribution in [-0.4, -0.2) is 22.6 Å². The van der Waals surface area contributed by atoms with Crippen molar-refractivity contribution in [2.45, 2.75) is 26.4 Å². The summed E-state index contributed by atoms with van der Waals surface area (Å²) in [5.74, 6) is -0.114. The number of nitrogens with one attached hydrogen (secondary N) is 1. The minimum Gasteiger partial charge on any atom is -0.444 e. The third-order valence-corrected chi connectivity index (χ3v) is 2.60. The van der Waals surface area contributed by atoms with Gasteiger partial charge in [-0.05, 0) is 51.1 Å². The third kappa shape index (κ3) is 3.92. The van der Waals surface area contributed by atoms with Crippen molar-refractivity contribution >= 4 is 28.7 Å². The molecule has 0 aliphatic rings. The van der Waals surface area contributed by atoms with Gasteiger partial charge in [0.25, 0.3) is 0 Å². The zero-order chi connectivity index (χ0) is 15.6. The molecule has 0 saturated carbocycles. The van der Waals surface area contributed by atoms with Crippen LogP contribution in [0.2, 0.25) is 0 Å². The minimum absolute atomic E-state index is 0.378. The second kappa shape index (κ2) is 5.40. The second-order valence-electron chi connectivity index (χ2n) is 5.60. The van der Waals surface area contributed by atoms with E-state index in [-0.39, 0.29) is 0 Å². The Balaban J connectivity index is 2.22. The number of carbonyl (C=O) groups excluding carboxylic acids is 2. The smallest absolute Gasteiger partial charge is 0.413 e. The lowest BCUT2D eigenvalue weighted by molar-refractivity contribution is 0.0635. The van der Waals surface area contributed by atoms with E-state index in [4.69, 9.17) is 10.5 Å². The molecule has 0 radical (unpaired) electrons. The van der Waals surface area contributed by atoms with Crippen LogP contribution in [0, 0.1) is 0 Å². The van der Waals surface area contributed by atoms with Crippen LogP contribution in [-0.2, 0) is 4.74 Å². The first-order valence-corrected chi connectivity index (χ1v) is 6.45. The zero-order valence-corrected chi connectivity index (χ0v) is 12.1. The van der Waals surface area contributed by atoms with Crippen LogP contribution in [0.4, 0.5) is 10.6 Å². The van der Waals surface area contributed by atoms with Crippen LogP contribution in [0.5, 0.6) is 0 Å². The number of primary amides is 1. The van der Waals surface area contributed by atoms with Gasteiger partial charge in [0, 0.05) is 10.9 Å². The van der Waals surface area contributed by atoms with Gasteiger partial charge >= 0.3 is 6.09 Å². The van der Waals surface area contributed by atoms with Crippen molar-refractivity contribution in [1.82, 2.24) is 4.98 Å². The predicted molar refractivity (Wildman–Crippen MR) is 80.1 cm³/mol. The molecule has 110 valence electrons. The monoisotopic (exact) mass is 287 g/mol. The summed E-state index contributed by atoms with van der Waals surface area (Å²) in [5, 5.41) is 3.33. The molecule has 21 heavy (non-hydrogen) atoms. The number of ether oxygens (including phenoxy) is 1. The molecule has 0 spiro atoms. The number of pyridine rings is 1. The number of hydrogen-bond acceptors (Lipinski definition) is 4. The fourth-order valence-corrected chi connectivity index (χ4v) is 1.76. The molecular formula is C15H17N3O3. The average molecular weight is 287 g/mol. The van der Waals surface area contributed by atoms with Gasteiger partial charge in [0.15, 0.2) is 0 Å². The van der Waals surface area contributed by atoms with E-state index in [1.807, 2.05) is 0 Å². The highest BCUT2D eigenvalue weighted by atomic mass is 16.6. The molecule has 0 aliphatic heterocycles. The van der Waals surface area contributed by atoms with Gasteiger partial charge in [-0.25, -0.2) is 9.78 Å². The molecule has 1 heterocycles. The van der Waals surface area contributed by atoms with Crippen molar-refractivity contribution in [1.29, 1.82) is 0 Å². The van der Waals surface area contributed by atoms with Gasteiger partial charge in [0.05, 0.1) is 5.52 Å². The van der Waals surface area contributed by atoms with E-state index < -0.39 is 17.6 Å². The Bertz CT molecular complexity index is 705. The maximum absolute atomic E-state index is 11.7. The van der Waals surface area contributed by atoms with E-state index in [0.717, 1.165) is 5.39 Å². The highest BCUT2D eigenvalue weighted by Gasteiger charge is 2.16. The molecule has 6 nitrogen and oxygen atoms in total. The number of carbonyl (C=O) groups is 2. The Morgan fingerprint density at radius 3 is 2.52 bits per heavy atom. The molecule has 0 saturated heterocycles. The van der Waals surface area contributed by atoms with E-state index in [1.54, 1.807) is 51.1 Å². The summed E-state index contributed by atoms with van der Waals surface area (Å²) in [6.45, 7) is 5.35. The number of anilines is 1. The predicted octanol–water partition coefficient (Wildman–Crippen LogP) is 2.68. The van der Waals surface area contributed by atoms with Crippen LogP contribution in [0.25, 0.3) is 10.9 Å². The normalized spacial score (nSPS) is 11.2. The Labute approximate surface area is 122 Å². The summed E-state index contributed by atoms with van der Waals surface area (Å²) in [6, 6.07) is 8.31. The van der Waals surface area contributed by atoms with Crippen LogP contribution >= 0.6 is 0 Å². The zero-order valence-electron chi connectivity index (χ0n) is 12.1. The molecule has 2 rings (SSSR count). The van der Waals surface area contributed by atoms with E-state index >= 15 is 0 Å². The van der Waals surface area contributed by atoms with Crippen LogP contribution in [0.15, 0.2) is 30.3 Å². The van der Waals surface area contributed by atoms with Crippen molar-refractivity contribution in [3.8, 4) is 0 Å². The number of benzene rings is 1. The van der Waals surface area contributed by atoms with E-state index in [1.165, 1.54) is 0 Å². The maximum atomic E-state index is 11.7. The summed E-state index contributed by atoms with van der Waals surface area (Å²) in [4.78, 5) is 27.1. The van der Waals surface area contributed by atoms with Crippen molar-refractivity contribution < 1.29 is 14.3 Å². The van der Waals surface area contributed by atoms with Gasteiger partial charge < -0.3 is 10.5 Å². The summed E-state index contributed by atoms with van der Waals surface area (Å²) in [7, 11) is 0. The SMILES string of the molecule is CC(C)(C)OC(=O)Nc1ccc2cc(C(N)=O)ccc2n1. The van der Waals surface area contributed by atoms with Gasteiger partial charge in [-0.3, -0.25) is 10.1 Å². The second-order valence-corrected chi connectivity index (χ2v) is 5.60. The first-order valence-electron chi connectivity index (χ1n) is 6.45. The van der Waals surface area contributed by atoms with Gasteiger partial charge in [-0.2, -0.15) is 0 Å². The molecule has 6 heteroatoms. The topological polar surface area (TPSA) is 94.3 Å². The number of rotatable bonds is 2. The Morgan fingerprint density at radius 2 is 1.90 bits per heavy atom. The van der Waals surface area contributed by atoms with Crippen molar-refractivity contribution in [2.24, 2.45) is 5.73 Å². The minimum atomic E-state index is -0.572. The van der Waals surface area contributed by atoms with Crippen LogP contribution in [0.3, 0.4) is 0 Å². The molecule has 0 fully saturated rings. The molecule has 2 aromatic rings. The van der Waals surface area contributed by atoms with E-state index in [0.29, 0.717) is 16.9 Å². The standard InChI is InChI=1S/C15H17N3O3/c1-15(2,3)21-14(20)18-12-7-5-9-8-10(13(16)19)4-6-11(9)17-12/h4-8H,1-3H3,(H2,16,19)(H,17,18,20). The number of aromatic nitrogens is 1. The molecule has 2 amide bonds. The molecule has 1 aromatic carbocycles. The molecule has 0 bridgehead atoms. The molecular weight excluding hydrogens is 270 g/mol. The Hall–Kier alpha value is -2.63. The fraction of sp³-hybridized carbons (Fsp3) is 0.267. The first kappa shape index (κ1) is 14.8. The van der Waals surface area contributed by atoms with Crippen molar-refractivity contribution in [3.05, 3.63) is 35.9 Å². The lowest BCUT2D eigenvalue weighted by Gasteiger charge is -2.19. The van der Waals surface area contributed by atoms with Crippen LogP contribution in [0.1, 0.15) is 31.1 Å². The molecule has 0 aliphatic carbocycles. The Kier molecular flexibility index (Phi) is 3.80. The van der Waals surface area contributed by atoms with Gasteiger partial charge in [0.2, 0.25) is 5.91 Å². The van der Waals surface area contributed by atoms with E-state index in [9.17, 15) is 9.59 Å². The molecule has 3 N–H and O–H groups in total. The molecule has 0 unspecified atom stereocenters.